The Bertz CT molecular complexity index is 570. The number of halogens is 1. The Labute approximate surface area is 123 Å². The molecule has 0 unspecified atom stereocenters. The van der Waals surface area contributed by atoms with Crippen molar-refractivity contribution in [3.8, 4) is 11.1 Å². The summed E-state index contributed by atoms with van der Waals surface area (Å²) in [5.74, 6) is 0. The zero-order chi connectivity index (χ0) is 13.2. The molecule has 0 heterocycles. The van der Waals surface area contributed by atoms with Crippen LogP contribution in [0.4, 0.5) is 0 Å². The number of hydrogen-bond acceptors (Lipinski definition) is 1. The van der Waals surface area contributed by atoms with E-state index < -0.39 is 0 Å². The lowest BCUT2D eigenvalue weighted by Crippen LogP contribution is -2.15. The third-order valence-electron chi connectivity index (χ3n) is 3.63. The molecule has 1 fully saturated rings. The van der Waals surface area contributed by atoms with Gasteiger partial charge in [0.1, 0.15) is 0 Å². The highest BCUT2D eigenvalue weighted by Crippen LogP contribution is 2.26. The maximum Gasteiger partial charge on any atom is 0.0208 e. The molecule has 0 aromatic heterocycles. The van der Waals surface area contributed by atoms with E-state index in [1.54, 1.807) is 0 Å². The summed E-state index contributed by atoms with van der Waals surface area (Å²) in [7, 11) is 0. The highest BCUT2D eigenvalue weighted by atomic mass is 79.9. The summed E-state index contributed by atoms with van der Waals surface area (Å²) in [6.45, 7) is 3.16. The summed E-state index contributed by atoms with van der Waals surface area (Å²) in [5.41, 5.74) is 5.32. The van der Waals surface area contributed by atoms with Gasteiger partial charge in [-0.05, 0) is 60.2 Å². The van der Waals surface area contributed by atoms with E-state index in [0.29, 0.717) is 0 Å². The first kappa shape index (κ1) is 12.9. The van der Waals surface area contributed by atoms with Crippen LogP contribution in [-0.2, 0) is 6.54 Å². The summed E-state index contributed by atoms with van der Waals surface area (Å²) in [6.07, 6.45) is 2.68. The second kappa shape index (κ2) is 5.48. The molecule has 1 aliphatic rings. The van der Waals surface area contributed by atoms with E-state index in [9.17, 15) is 0 Å². The van der Waals surface area contributed by atoms with Crippen molar-refractivity contribution in [1.82, 2.24) is 5.32 Å². The summed E-state index contributed by atoms with van der Waals surface area (Å²) in [6, 6.07) is 16.1. The van der Waals surface area contributed by atoms with Crippen molar-refractivity contribution in [3.63, 3.8) is 0 Å². The molecule has 0 aliphatic heterocycles. The van der Waals surface area contributed by atoms with Gasteiger partial charge in [0.25, 0.3) is 0 Å². The average molecular weight is 316 g/mol. The van der Waals surface area contributed by atoms with Crippen LogP contribution in [0.5, 0.6) is 0 Å². The van der Waals surface area contributed by atoms with Gasteiger partial charge in [-0.15, -0.1) is 0 Å². The van der Waals surface area contributed by atoms with Gasteiger partial charge in [-0.25, -0.2) is 0 Å². The monoisotopic (exact) mass is 315 g/mol. The third-order valence-corrected chi connectivity index (χ3v) is 4.16. The van der Waals surface area contributed by atoms with Gasteiger partial charge in [0.05, 0.1) is 0 Å². The molecule has 1 aliphatic carbocycles. The first-order chi connectivity index (χ1) is 9.22. The first-order valence-electron chi connectivity index (χ1n) is 6.81. The Morgan fingerprint density at radius 2 is 1.84 bits per heavy atom. The van der Waals surface area contributed by atoms with E-state index in [4.69, 9.17) is 0 Å². The topological polar surface area (TPSA) is 12.0 Å². The van der Waals surface area contributed by atoms with Crippen LogP contribution >= 0.6 is 15.9 Å². The number of aryl methyl sites for hydroxylation is 1. The lowest BCUT2D eigenvalue weighted by Gasteiger charge is -2.10. The minimum atomic E-state index is 0.762. The Kier molecular flexibility index (Phi) is 3.72. The van der Waals surface area contributed by atoms with Crippen molar-refractivity contribution < 1.29 is 0 Å². The third kappa shape index (κ3) is 3.26. The van der Waals surface area contributed by atoms with Gasteiger partial charge in [0.2, 0.25) is 0 Å². The molecule has 2 aromatic rings. The van der Waals surface area contributed by atoms with Crippen LogP contribution in [0.3, 0.4) is 0 Å². The molecule has 0 radical (unpaired) electrons. The lowest BCUT2D eigenvalue weighted by molar-refractivity contribution is 0.688. The molecule has 2 heteroatoms. The molecule has 1 nitrogen and oxygen atoms in total. The van der Waals surface area contributed by atoms with E-state index in [-0.39, 0.29) is 0 Å². The molecule has 0 atom stereocenters. The fraction of sp³-hybridized carbons (Fsp3) is 0.294. The maximum absolute atomic E-state index is 3.57. The van der Waals surface area contributed by atoms with E-state index in [2.05, 4.69) is 70.6 Å². The fourth-order valence-electron chi connectivity index (χ4n) is 2.27. The van der Waals surface area contributed by atoms with Crippen LogP contribution in [-0.4, -0.2) is 6.04 Å². The van der Waals surface area contributed by atoms with Crippen molar-refractivity contribution >= 4 is 15.9 Å². The van der Waals surface area contributed by atoms with Crippen LogP contribution in [0, 0.1) is 6.92 Å². The highest BCUT2D eigenvalue weighted by Gasteiger charge is 2.19. The Morgan fingerprint density at radius 3 is 2.53 bits per heavy atom. The Hall–Kier alpha value is -1.12. The Balaban J connectivity index is 1.85. The van der Waals surface area contributed by atoms with Crippen molar-refractivity contribution in [2.75, 3.05) is 0 Å². The zero-order valence-corrected chi connectivity index (χ0v) is 12.7. The standard InChI is InChI=1S/C17H18BrN/c1-12-2-3-13(11-19-16-8-9-16)10-17(12)14-4-6-15(18)7-5-14/h2-7,10,16,19H,8-9,11H2,1H3. The molecule has 0 spiro atoms. The zero-order valence-electron chi connectivity index (χ0n) is 11.1. The van der Waals surface area contributed by atoms with Gasteiger partial charge >= 0.3 is 0 Å². The molecule has 1 saturated carbocycles. The van der Waals surface area contributed by atoms with Gasteiger partial charge < -0.3 is 5.32 Å². The molecule has 0 saturated heterocycles. The molecule has 0 amide bonds. The maximum atomic E-state index is 3.57. The van der Waals surface area contributed by atoms with Crippen molar-refractivity contribution in [3.05, 3.63) is 58.1 Å². The summed E-state index contributed by atoms with van der Waals surface area (Å²) in [4.78, 5) is 0. The normalized spacial score (nSPS) is 14.6. The van der Waals surface area contributed by atoms with Gasteiger partial charge in [-0.1, -0.05) is 40.2 Å². The molecular weight excluding hydrogens is 298 g/mol. The molecule has 2 aromatic carbocycles. The number of hydrogen-bond donors (Lipinski definition) is 1. The molecule has 98 valence electrons. The highest BCUT2D eigenvalue weighted by molar-refractivity contribution is 9.10. The smallest absolute Gasteiger partial charge is 0.0208 e. The fourth-order valence-corrected chi connectivity index (χ4v) is 2.53. The second-order valence-corrected chi connectivity index (χ2v) is 6.23. The molecule has 0 bridgehead atoms. The molecular formula is C17H18BrN. The summed E-state index contributed by atoms with van der Waals surface area (Å²) in [5, 5.41) is 3.57. The summed E-state index contributed by atoms with van der Waals surface area (Å²) >= 11 is 3.49. The molecule has 1 N–H and O–H groups in total. The average Bonchev–Trinajstić information content (AvgIpc) is 3.23. The lowest BCUT2D eigenvalue weighted by atomic mass is 9.98. The van der Waals surface area contributed by atoms with Crippen molar-refractivity contribution in [2.24, 2.45) is 0 Å². The SMILES string of the molecule is Cc1ccc(CNC2CC2)cc1-c1ccc(Br)cc1. The molecule has 3 rings (SSSR count). The van der Waals surface area contributed by atoms with Crippen LogP contribution in [0.25, 0.3) is 11.1 Å². The number of benzene rings is 2. The second-order valence-electron chi connectivity index (χ2n) is 5.31. The van der Waals surface area contributed by atoms with Gasteiger partial charge in [0.15, 0.2) is 0 Å². The van der Waals surface area contributed by atoms with E-state index in [1.165, 1.54) is 35.1 Å². The van der Waals surface area contributed by atoms with E-state index in [1.807, 2.05) is 0 Å². The van der Waals surface area contributed by atoms with Crippen molar-refractivity contribution in [2.45, 2.75) is 32.4 Å². The van der Waals surface area contributed by atoms with Crippen molar-refractivity contribution in [1.29, 1.82) is 0 Å². The van der Waals surface area contributed by atoms with E-state index in [0.717, 1.165) is 17.1 Å². The van der Waals surface area contributed by atoms with Gasteiger partial charge in [0, 0.05) is 17.1 Å². The van der Waals surface area contributed by atoms with Gasteiger partial charge in [-0.2, -0.15) is 0 Å². The van der Waals surface area contributed by atoms with Crippen LogP contribution in [0.1, 0.15) is 24.0 Å². The Morgan fingerprint density at radius 1 is 1.11 bits per heavy atom. The van der Waals surface area contributed by atoms with Crippen LogP contribution in [0.15, 0.2) is 46.9 Å². The minimum Gasteiger partial charge on any atom is -0.310 e. The largest absolute Gasteiger partial charge is 0.310 e. The van der Waals surface area contributed by atoms with Crippen LogP contribution in [0.2, 0.25) is 0 Å². The molecule has 19 heavy (non-hydrogen) atoms. The quantitative estimate of drug-likeness (QED) is 0.864. The van der Waals surface area contributed by atoms with Gasteiger partial charge in [-0.3, -0.25) is 0 Å². The predicted molar refractivity (Wildman–Crippen MR) is 84.2 cm³/mol. The summed E-state index contributed by atoms with van der Waals surface area (Å²) < 4.78 is 1.13. The van der Waals surface area contributed by atoms with E-state index >= 15 is 0 Å². The first-order valence-corrected chi connectivity index (χ1v) is 7.60. The minimum absolute atomic E-state index is 0.762. The van der Waals surface area contributed by atoms with Crippen LogP contribution < -0.4 is 5.32 Å². The number of nitrogens with one attached hydrogen (secondary N) is 1. The predicted octanol–water partition coefficient (Wildman–Crippen LogP) is 4.68. The number of rotatable bonds is 4.